The van der Waals surface area contributed by atoms with Crippen LogP contribution in [0.1, 0.15) is 13.8 Å². The Morgan fingerprint density at radius 1 is 1.35 bits per heavy atom. The molecule has 0 N–H and O–H groups in total. The molecule has 1 amide bonds. The highest BCUT2D eigenvalue weighted by atomic mass is 19.1. The number of hydrogen-bond donors (Lipinski definition) is 0. The SMILES string of the molecule is CC(C)C(=O)N(C)CCOc1ccc(F)cc1. The van der Waals surface area contributed by atoms with Gasteiger partial charge in [0.2, 0.25) is 5.91 Å². The second kappa shape index (κ2) is 6.23. The summed E-state index contributed by atoms with van der Waals surface area (Å²) in [6.45, 7) is 4.65. The van der Waals surface area contributed by atoms with E-state index in [0.717, 1.165) is 0 Å². The van der Waals surface area contributed by atoms with E-state index in [2.05, 4.69) is 0 Å². The number of halogens is 1. The molecule has 0 heterocycles. The summed E-state index contributed by atoms with van der Waals surface area (Å²) in [5.74, 6) is 0.403. The van der Waals surface area contributed by atoms with Crippen molar-refractivity contribution >= 4 is 5.91 Å². The molecule has 0 aliphatic carbocycles. The van der Waals surface area contributed by atoms with Crippen LogP contribution in [-0.4, -0.2) is 31.0 Å². The van der Waals surface area contributed by atoms with Crippen molar-refractivity contribution in [2.24, 2.45) is 5.92 Å². The molecule has 94 valence electrons. The molecule has 1 rings (SSSR count). The fourth-order valence-electron chi connectivity index (χ4n) is 1.38. The Morgan fingerprint density at radius 3 is 2.47 bits per heavy atom. The van der Waals surface area contributed by atoms with Gasteiger partial charge in [0.25, 0.3) is 0 Å². The van der Waals surface area contributed by atoms with Crippen molar-refractivity contribution in [1.82, 2.24) is 4.90 Å². The second-order valence-electron chi connectivity index (χ2n) is 4.22. The lowest BCUT2D eigenvalue weighted by atomic mass is 10.2. The van der Waals surface area contributed by atoms with Crippen molar-refractivity contribution in [3.8, 4) is 5.75 Å². The van der Waals surface area contributed by atoms with Gasteiger partial charge >= 0.3 is 0 Å². The summed E-state index contributed by atoms with van der Waals surface area (Å²) in [5.41, 5.74) is 0. The van der Waals surface area contributed by atoms with Gasteiger partial charge in [-0.05, 0) is 24.3 Å². The second-order valence-corrected chi connectivity index (χ2v) is 4.22. The van der Waals surface area contributed by atoms with Gasteiger partial charge in [-0.15, -0.1) is 0 Å². The molecule has 0 aliphatic rings. The van der Waals surface area contributed by atoms with Crippen LogP contribution in [0.25, 0.3) is 0 Å². The van der Waals surface area contributed by atoms with Crippen LogP contribution >= 0.6 is 0 Å². The lowest BCUT2D eigenvalue weighted by Gasteiger charge is -2.19. The van der Waals surface area contributed by atoms with Crippen molar-refractivity contribution < 1.29 is 13.9 Å². The van der Waals surface area contributed by atoms with E-state index in [4.69, 9.17) is 4.74 Å². The average molecular weight is 239 g/mol. The Kier molecular flexibility index (Phi) is 4.94. The molecule has 0 aliphatic heterocycles. The maximum absolute atomic E-state index is 12.6. The molecule has 0 fully saturated rings. The third-order valence-corrected chi connectivity index (χ3v) is 2.38. The molecule has 0 radical (unpaired) electrons. The molecule has 0 bridgehead atoms. The molecule has 0 aromatic heterocycles. The van der Waals surface area contributed by atoms with E-state index in [-0.39, 0.29) is 17.6 Å². The van der Waals surface area contributed by atoms with Crippen molar-refractivity contribution in [1.29, 1.82) is 0 Å². The summed E-state index contributed by atoms with van der Waals surface area (Å²) in [6.07, 6.45) is 0. The fourth-order valence-corrected chi connectivity index (χ4v) is 1.38. The zero-order valence-corrected chi connectivity index (χ0v) is 10.4. The number of hydrogen-bond acceptors (Lipinski definition) is 2. The maximum atomic E-state index is 12.6. The van der Waals surface area contributed by atoms with Gasteiger partial charge in [-0.3, -0.25) is 4.79 Å². The Bertz CT molecular complexity index is 362. The zero-order chi connectivity index (χ0) is 12.8. The molecule has 4 heteroatoms. The van der Waals surface area contributed by atoms with E-state index in [1.54, 1.807) is 24.1 Å². The monoisotopic (exact) mass is 239 g/mol. The third-order valence-electron chi connectivity index (χ3n) is 2.38. The summed E-state index contributed by atoms with van der Waals surface area (Å²) in [7, 11) is 1.75. The van der Waals surface area contributed by atoms with E-state index < -0.39 is 0 Å². The highest BCUT2D eigenvalue weighted by molar-refractivity contribution is 5.77. The first-order chi connectivity index (χ1) is 8.00. The molecule has 17 heavy (non-hydrogen) atoms. The summed E-state index contributed by atoms with van der Waals surface area (Å²) in [5, 5.41) is 0. The summed E-state index contributed by atoms with van der Waals surface area (Å²) in [4.78, 5) is 13.2. The summed E-state index contributed by atoms with van der Waals surface area (Å²) >= 11 is 0. The third kappa shape index (κ3) is 4.43. The minimum absolute atomic E-state index is 0.00850. The number of carbonyl (C=O) groups excluding carboxylic acids is 1. The van der Waals surface area contributed by atoms with E-state index >= 15 is 0 Å². The molecular weight excluding hydrogens is 221 g/mol. The summed E-state index contributed by atoms with van der Waals surface area (Å²) < 4.78 is 18.0. The van der Waals surface area contributed by atoms with Gasteiger partial charge in [0.1, 0.15) is 18.2 Å². The van der Waals surface area contributed by atoms with Crippen LogP contribution in [0.15, 0.2) is 24.3 Å². The molecule has 1 aromatic carbocycles. The van der Waals surface area contributed by atoms with Gasteiger partial charge in [-0.2, -0.15) is 0 Å². The van der Waals surface area contributed by atoms with Crippen molar-refractivity contribution in [3.05, 3.63) is 30.1 Å². The van der Waals surface area contributed by atoms with Crippen LogP contribution in [0.4, 0.5) is 4.39 Å². The minimum atomic E-state index is -0.288. The normalized spacial score (nSPS) is 10.4. The van der Waals surface area contributed by atoms with Gasteiger partial charge in [0.15, 0.2) is 0 Å². The smallest absolute Gasteiger partial charge is 0.224 e. The number of benzene rings is 1. The number of amides is 1. The molecule has 0 saturated carbocycles. The summed E-state index contributed by atoms with van der Waals surface area (Å²) in [6, 6.07) is 5.83. The fraction of sp³-hybridized carbons (Fsp3) is 0.462. The molecule has 3 nitrogen and oxygen atoms in total. The number of likely N-dealkylation sites (N-methyl/N-ethyl adjacent to an activating group) is 1. The van der Waals surface area contributed by atoms with E-state index in [1.807, 2.05) is 13.8 Å². The highest BCUT2D eigenvalue weighted by Gasteiger charge is 2.12. The highest BCUT2D eigenvalue weighted by Crippen LogP contribution is 2.10. The van der Waals surface area contributed by atoms with Crippen molar-refractivity contribution in [2.75, 3.05) is 20.2 Å². The van der Waals surface area contributed by atoms with E-state index in [1.165, 1.54) is 12.1 Å². The number of rotatable bonds is 5. The van der Waals surface area contributed by atoms with Gasteiger partial charge in [0.05, 0.1) is 6.54 Å². The van der Waals surface area contributed by atoms with Gasteiger partial charge in [-0.1, -0.05) is 13.8 Å². The minimum Gasteiger partial charge on any atom is -0.492 e. The van der Waals surface area contributed by atoms with Crippen LogP contribution in [-0.2, 0) is 4.79 Å². The van der Waals surface area contributed by atoms with Gasteiger partial charge in [0, 0.05) is 13.0 Å². The topological polar surface area (TPSA) is 29.5 Å². The van der Waals surface area contributed by atoms with Crippen LogP contribution in [0.2, 0.25) is 0 Å². The Morgan fingerprint density at radius 2 is 1.94 bits per heavy atom. The standard InChI is InChI=1S/C13H18FNO2/c1-10(2)13(16)15(3)8-9-17-12-6-4-11(14)5-7-12/h4-7,10H,8-9H2,1-3H3. The lowest BCUT2D eigenvalue weighted by molar-refractivity contribution is -0.133. The molecular formula is C13H18FNO2. The Hall–Kier alpha value is -1.58. The van der Waals surface area contributed by atoms with Crippen molar-refractivity contribution in [3.63, 3.8) is 0 Å². The van der Waals surface area contributed by atoms with Crippen LogP contribution in [0, 0.1) is 11.7 Å². The van der Waals surface area contributed by atoms with Gasteiger partial charge in [-0.25, -0.2) is 4.39 Å². The Balaban J connectivity index is 2.33. The Labute approximate surface area is 101 Å². The van der Waals surface area contributed by atoms with E-state index in [9.17, 15) is 9.18 Å². The quantitative estimate of drug-likeness (QED) is 0.789. The number of ether oxygens (including phenoxy) is 1. The number of carbonyl (C=O) groups is 1. The van der Waals surface area contributed by atoms with Crippen LogP contribution in [0.3, 0.4) is 0 Å². The van der Waals surface area contributed by atoms with Gasteiger partial charge < -0.3 is 9.64 Å². The zero-order valence-electron chi connectivity index (χ0n) is 10.4. The predicted molar refractivity (Wildman–Crippen MR) is 64.4 cm³/mol. The molecule has 0 saturated heterocycles. The van der Waals surface area contributed by atoms with Crippen molar-refractivity contribution in [2.45, 2.75) is 13.8 Å². The first-order valence-electron chi connectivity index (χ1n) is 5.64. The molecule has 0 spiro atoms. The predicted octanol–water partition coefficient (Wildman–Crippen LogP) is 2.32. The van der Waals surface area contributed by atoms with E-state index in [0.29, 0.717) is 18.9 Å². The molecule has 0 unspecified atom stereocenters. The van der Waals surface area contributed by atoms with Crippen LogP contribution < -0.4 is 4.74 Å². The lowest BCUT2D eigenvalue weighted by Crippen LogP contribution is -2.33. The number of nitrogens with zero attached hydrogens (tertiary/aromatic N) is 1. The first kappa shape index (κ1) is 13.5. The largest absolute Gasteiger partial charge is 0.492 e. The molecule has 1 aromatic rings. The maximum Gasteiger partial charge on any atom is 0.224 e. The average Bonchev–Trinajstić information content (AvgIpc) is 2.30. The first-order valence-corrected chi connectivity index (χ1v) is 5.64. The molecule has 0 atom stereocenters. The van der Waals surface area contributed by atoms with Crippen LogP contribution in [0.5, 0.6) is 5.75 Å².